The first kappa shape index (κ1) is 16.5. The fourth-order valence-corrected chi connectivity index (χ4v) is 4.67. The van der Waals surface area contributed by atoms with Crippen LogP contribution < -0.4 is 5.56 Å². The molecule has 0 saturated carbocycles. The lowest BCUT2D eigenvalue weighted by Crippen LogP contribution is -2.37. The number of thiophene rings is 1. The van der Waals surface area contributed by atoms with Gasteiger partial charge in [-0.05, 0) is 48.7 Å². The van der Waals surface area contributed by atoms with Crippen LogP contribution in [-0.4, -0.2) is 34.1 Å². The van der Waals surface area contributed by atoms with E-state index in [1.54, 1.807) is 10.9 Å². The highest BCUT2D eigenvalue weighted by atomic mass is 32.1. The second-order valence-electron chi connectivity index (χ2n) is 6.89. The van der Waals surface area contributed by atoms with Gasteiger partial charge in [0.1, 0.15) is 4.70 Å². The minimum absolute atomic E-state index is 0.0970. The average molecular weight is 353 g/mol. The van der Waals surface area contributed by atoms with Crippen LogP contribution in [0.5, 0.6) is 0 Å². The molecule has 3 heterocycles. The first-order valence-corrected chi connectivity index (χ1v) is 9.81. The van der Waals surface area contributed by atoms with Gasteiger partial charge in [-0.2, -0.15) is 0 Å². The molecule has 1 aliphatic heterocycles. The standard InChI is InChI=1S/C20H23N3OS/c1-15-13-25-19-18(15)21-14-23(20(19)24)11-10-22-9-5-8-17(12-22)16-6-3-2-4-7-16/h2-4,6-7,13-14,17H,5,8-12H2,1H3/t17-/m1/s1. The smallest absolute Gasteiger partial charge is 0.271 e. The van der Waals surface area contributed by atoms with Crippen molar-refractivity contribution in [2.45, 2.75) is 32.2 Å². The minimum atomic E-state index is 0.0970. The number of benzene rings is 1. The van der Waals surface area contributed by atoms with E-state index in [9.17, 15) is 4.79 Å². The van der Waals surface area contributed by atoms with Crippen LogP contribution in [0.15, 0.2) is 46.8 Å². The highest BCUT2D eigenvalue weighted by Gasteiger charge is 2.21. The highest BCUT2D eigenvalue weighted by Crippen LogP contribution is 2.26. The summed E-state index contributed by atoms with van der Waals surface area (Å²) >= 11 is 1.50. The monoisotopic (exact) mass is 353 g/mol. The molecule has 0 radical (unpaired) electrons. The molecule has 1 aliphatic rings. The number of aromatic nitrogens is 2. The van der Waals surface area contributed by atoms with E-state index < -0.39 is 0 Å². The predicted octanol–water partition coefficient (Wildman–Crippen LogP) is 3.65. The van der Waals surface area contributed by atoms with Gasteiger partial charge in [0, 0.05) is 19.6 Å². The largest absolute Gasteiger partial charge is 0.301 e. The molecule has 25 heavy (non-hydrogen) atoms. The summed E-state index contributed by atoms with van der Waals surface area (Å²) in [4.78, 5) is 19.6. The van der Waals surface area contributed by atoms with E-state index in [4.69, 9.17) is 0 Å². The van der Waals surface area contributed by atoms with Crippen molar-refractivity contribution in [2.75, 3.05) is 19.6 Å². The van der Waals surface area contributed by atoms with E-state index in [0.717, 1.165) is 35.4 Å². The maximum Gasteiger partial charge on any atom is 0.271 e. The number of piperidine rings is 1. The molecule has 1 fully saturated rings. The van der Waals surface area contributed by atoms with Crippen LogP contribution in [0.3, 0.4) is 0 Å². The highest BCUT2D eigenvalue weighted by molar-refractivity contribution is 7.17. The maximum atomic E-state index is 12.6. The quantitative estimate of drug-likeness (QED) is 0.719. The van der Waals surface area contributed by atoms with Crippen molar-refractivity contribution >= 4 is 21.6 Å². The topological polar surface area (TPSA) is 38.1 Å². The fourth-order valence-electron chi connectivity index (χ4n) is 3.72. The van der Waals surface area contributed by atoms with Gasteiger partial charge in [0.25, 0.3) is 5.56 Å². The summed E-state index contributed by atoms with van der Waals surface area (Å²) in [6.07, 6.45) is 4.18. The fraction of sp³-hybridized carbons (Fsp3) is 0.400. The van der Waals surface area contributed by atoms with E-state index in [1.807, 2.05) is 12.3 Å². The molecule has 0 N–H and O–H groups in total. The number of nitrogens with zero attached hydrogens (tertiary/aromatic N) is 3. The average Bonchev–Trinajstić information content (AvgIpc) is 3.04. The summed E-state index contributed by atoms with van der Waals surface area (Å²) < 4.78 is 2.55. The van der Waals surface area contributed by atoms with E-state index in [1.165, 1.54) is 29.7 Å². The summed E-state index contributed by atoms with van der Waals surface area (Å²) in [7, 11) is 0. The van der Waals surface area contributed by atoms with Gasteiger partial charge < -0.3 is 4.90 Å². The van der Waals surface area contributed by atoms with Crippen LogP contribution in [0.1, 0.15) is 29.9 Å². The molecule has 4 rings (SSSR count). The third kappa shape index (κ3) is 3.39. The van der Waals surface area contributed by atoms with Gasteiger partial charge in [-0.25, -0.2) is 4.98 Å². The first-order valence-electron chi connectivity index (χ1n) is 8.93. The summed E-state index contributed by atoms with van der Waals surface area (Å²) in [5.41, 5.74) is 3.47. The zero-order valence-corrected chi connectivity index (χ0v) is 15.3. The Bertz CT molecular complexity index is 916. The van der Waals surface area contributed by atoms with Crippen LogP contribution >= 0.6 is 11.3 Å². The summed E-state index contributed by atoms with van der Waals surface area (Å²) in [6.45, 7) is 5.81. The Morgan fingerprint density at radius 2 is 2.08 bits per heavy atom. The zero-order valence-electron chi connectivity index (χ0n) is 14.5. The Labute approximate surface area is 151 Å². The minimum Gasteiger partial charge on any atom is -0.301 e. The van der Waals surface area contributed by atoms with Crippen molar-refractivity contribution in [1.29, 1.82) is 0 Å². The molecule has 0 unspecified atom stereocenters. The molecule has 3 aromatic rings. The van der Waals surface area contributed by atoms with E-state index in [0.29, 0.717) is 12.5 Å². The molecule has 1 aromatic carbocycles. The van der Waals surface area contributed by atoms with Crippen molar-refractivity contribution in [1.82, 2.24) is 14.5 Å². The Morgan fingerprint density at radius 1 is 1.24 bits per heavy atom. The van der Waals surface area contributed by atoms with E-state index in [-0.39, 0.29) is 5.56 Å². The summed E-state index contributed by atoms with van der Waals surface area (Å²) in [5.74, 6) is 0.604. The predicted molar refractivity (Wildman–Crippen MR) is 103 cm³/mol. The Morgan fingerprint density at radius 3 is 2.92 bits per heavy atom. The van der Waals surface area contributed by atoms with Crippen molar-refractivity contribution in [3.05, 3.63) is 63.5 Å². The summed E-state index contributed by atoms with van der Waals surface area (Å²) in [5, 5.41) is 2.01. The molecule has 4 nitrogen and oxygen atoms in total. The maximum absolute atomic E-state index is 12.6. The van der Waals surface area contributed by atoms with E-state index in [2.05, 4.69) is 40.2 Å². The number of aryl methyl sites for hydroxylation is 1. The van der Waals surface area contributed by atoms with Crippen LogP contribution in [0.4, 0.5) is 0 Å². The molecular weight excluding hydrogens is 330 g/mol. The van der Waals surface area contributed by atoms with Gasteiger partial charge in [0.05, 0.1) is 11.8 Å². The van der Waals surface area contributed by atoms with Crippen molar-refractivity contribution in [3.63, 3.8) is 0 Å². The summed E-state index contributed by atoms with van der Waals surface area (Å²) in [6, 6.07) is 10.8. The number of fused-ring (bicyclic) bond motifs is 1. The van der Waals surface area contributed by atoms with Gasteiger partial charge in [-0.15, -0.1) is 11.3 Å². The number of hydrogen-bond donors (Lipinski definition) is 0. The molecule has 1 atom stereocenters. The molecule has 2 aromatic heterocycles. The lowest BCUT2D eigenvalue weighted by atomic mass is 9.91. The van der Waals surface area contributed by atoms with Crippen LogP contribution in [0, 0.1) is 6.92 Å². The molecule has 5 heteroatoms. The number of rotatable bonds is 4. The molecule has 0 aliphatic carbocycles. The lowest BCUT2D eigenvalue weighted by molar-refractivity contribution is 0.200. The van der Waals surface area contributed by atoms with Crippen molar-refractivity contribution < 1.29 is 0 Å². The van der Waals surface area contributed by atoms with Crippen molar-refractivity contribution in [2.24, 2.45) is 0 Å². The van der Waals surface area contributed by atoms with Gasteiger partial charge in [-0.1, -0.05) is 30.3 Å². The van der Waals surface area contributed by atoms with Crippen molar-refractivity contribution in [3.8, 4) is 0 Å². The second kappa shape index (κ2) is 7.10. The van der Waals surface area contributed by atoms with Gasteiger partial charge in [-0.3, -0.25) is 9.36 Å². The molecule has 0 spiro atoms. The Balaban J connectivity index is 1.44. The van der Waals surface area contributed by atoms with Crippen LogP contribution in [-0.2, 0) is 6.54 Å². The SMILES string of the molecule is Cc1csc2c(=O)n(CCN3CCC[C@@H](c4ccccc4)C3)cnc12. The van der Waals surface area contributed by atoms with Crippen LogP contribution in [0.25, 0.3) is 10.2 Å². The Kier molecular flexibility index (Phi) is 4.68. The zero-order chi connectivity index (χ0) is 17.2. The third-order valence-electron chi connectivity index (χ3n) is 5.16. The van der Waals surface area contributed by atoms with E-state index >= 15 is 0 Å². The normalized spacial score (nSPS) is 18.7. The molecule has 1 saturated heterocycles. The van der Waals surface area contributed by atoms with Gasteiger partial charge in [0.2, 0.25) is 0 Å². The third-order valence-corrected chi connectivity index (χ3v) is 6.23. The lowest BCUT2D eigenvalue weighted by Gasteiger charge is -2.33. The van der Waals surface area contributed by atoms with Gasteiger partial charge >= 0.3 is 0 Å². The Hall–Kier alpha value is -1.98. The molecule has 130 valence electrons. The van der Waals surface area contributed by atoms with Gasteiger partial charge in [0.15, 0.2) is 0 Å². The number of likely N-dealkylation sites (tertiary alicyclic amines) is 1. The molecule has 0 amide bonds. The molecule has 0 bridgehead atoms. The first-order chi connectivity index (χ1) is 12.2. The molecular formula is C20H23N3OS. The second-order valence-corrected chi connectivity index (χ2v) is 7.77. The van der Waals surface area contributed by atoms with Crippen LogP contribution in [0.2, 0.25) is 0 Å². The number of hydrogen-bond acceptors (Lipinski definition) is 4.